The normalized spacial score (nSPS) is 12.5. The molecule has 106 valence electrons. The molecule has 0 fully saturated rings. The van der Waals surface area contributed by atoms with Crippen LogP contribution >= 0.6 is 0 Å². The highest BCUT2D eigenvalue weighted by molar-refractivity contribution is 5.91. The highest BCUT2D eigenvalue weighted by Gasteiger charge is 2.08. The number of carbonyl (C=O) groups is 1. The molecule has 0 aliphatic rings. The lowest BCUT2D eigenvalue weighted by Gasteiger charge is -2.15. The number of nitrogens with two attached hydrogens (primary N) is 1. The Labute approximate surface area is 115 Å². The van der Waals surface area contributed by atoms with Gasteiger partial charge in [-0.3, -0.25) is 4.79 Å². The Balaban J connectivity index is 2.38. The zero-order valence-corrected chi connectivity index (χ0v) is 12.0. The van der Waals surface area contributed by atoms with Crippen molar-refractivity contribution < 1.29 is 9.53 Å². The fourth-order valence-electron chi connectivity index (χ4n) is 1.92. The number of hydrogen-bond donors (Lipinski definition) is 2. The lowest BCUT2D eigenvalue weighted by Crippen LogP contribution is -2.22. The minimum atomic E-state index is -0.134. The first-order valence-corrected chi connectivity index (χ1v) is 6.71. The monoisotopic (exact) mass is 264 g/mol. The summed E-state index contributed by atoms with van der Waals surface area (Å²) in [6.45, 7) is 6.81. The minimum Gasteiger partial charge on any atom is -0.369 e. The van der Waals surface area contributed by atoms with Gasteiger partial charge in [0.15, 0.2) is 0 Å². The second-order valence-electron chi connectivity index (χ2n) is 5.20. The van der Waals surface area contributed by atoms with Gasteiger partial charge in [-0.05, 0) is 37.0 Å². The molecule has 0 aliphatic carbocycles. The molecule has 1 atom stereocenters. The SMILES string of the molecule is CC(C)CC(C)OCC(=O)Nc1cccc(CN)c1. The molecule has 1 unspecified atom stereocenters. The second-order valence-corrected chi connectivity index (χ2v) is 5.20. The maximum absolute atomic E-state index is 11.7. The van der Waals surface area contributed by atoms with Crippen molar-refractivity contribution in [2.75, 3.05) is 11.9 Å². The van der Waals surface area contributed by atoms with E-state index in [1.54, 1.807) is 0 Å². The van der Waals surface area contributed by atoms with Crippen LogP contribution in [0, 0.1) is 5.92 Å². The van der Waals surface area contributed by atoms with E-state index < -0.39 is 0 Å². The standard InChI is InChI=1S/C15H24N2O2/c1-11(2)7-12(3)19-10-15(18)17-14-6-4-5-13(8-14)9-16/h4-6,8,11-12H,7,9-10,16H2,1-3H3,(H,17,18). The molecule has 0 aromatic heterocycles. The van der Waals surface area contributed by atoms with Crippen LogP contribution in [0.2, 0.25) is 0 Å². The molecular formula is C15H24N2O2. The van der Waals surface area contributed by atoms with E-state index in [1.807, 2.05) is 31.2 Å². The molecule has 0 radical (unpaired) electrons. The molecule has 1 aromatic rings. The van der Waals surface area contributed by atoms with Gasteiger partial charge in [0.2, 0.25) is 5.91 Å². The Morgan fingerprint density at radius 1 is 1.37 bits per heavy atom. The van der Waals surface area contributed by atoms with E-state index >= 15 is 0 Å². The van der Waals surface area contributed by atoms with Gasteiger partial charge in [-0.25, -0.2) is 0 Å². The number of amides is 1. The van der Waals surface area contributed by atoms with Gasteiger partial charge in [0.05, 0.1) is 6.10 Å². The predicted molar refractivity (Wildman–Crippen MR) is 77.8 cm³/mol. The number of carbonyl (C=O) groups excluding carboxylic acids is 1. The van der Waals surface area contributed by atoms with Crippen molar-refractivity contribution >= 4 is 11.6 Å². The highest BCUT2D eigenvalue weighted by atomic mass is 16.5. The van der Waals surface area contributed by atoms with Crippen LogP contribution in [0.4, 0.5) is 5.69 Å². The van der Waals surface area contributed by atoms with E-state index in [2.05, 4.69) is 19.2 Å². The number of ether oxygens (including phenoxy) is 1. The van der Waals surface area contributed by atoms with Gasteiger partial charge in [-0.15, -0.1) is 0 Å². The predicted octanol–water partition coefficient (Wildman–Crippen LogP) is 2.54. The lowest BCUT2D eigenvalue weighted by molar-refractivity contribution is -0.122. The summed E-state index contributed by atoms with van der Waals surface area (Å²) in [5, 5.41) is 2.81. The van der Waals surface area contributed by atoms with E-state index in [4.69, 9.17) is 10.5 Å². The summed E-state index contributed by atoms with van der Waals surface area (Å²) in [5.74, 6) is 0.434. The van der Waals surface area contributed by atoms with Crippen molar-refractivity contribution in [3.8, 4) is 0 Å². The van der Waals surface area contributed by atoms with Crippen LogP contribution in [0.3, 0.4) is 0 Å². The third kappa shape index (κ3) is 6.36. The van der Waals surface area contributed by atoms with Gasteiger partial charge >= 0.3 is 0 Å². The number of benzene rings is 1. The topological polar surface area (TPSA) is 64.3 Å². The van der Waals surface area contributed by atoms with E-state index in [1.165, 1.54) is 0 Å². The summed E-state index contributed by atoms with van der Waals surface area (Å²) in [6.07, 6.45) is 1.05. The fraction of sp³-hybridized carbons (Fsp3) is 0.533. The molecule has 1 amide bonds. The molecule has 0 bridgehead atoms. The number of nitrogens with one attached hydrogen (secondary N) is 1. The number of hydrogen-bond acceptors (Lipinski definition) is 3. The van der Waals surface area contributed by atoms with E-state index in [-0.39, 0.29) is 18.6 Å². The third-order valence-electron chi connectivity index (χ3n) is 2.75. The summed E-state index contributed by atoms with van der Waals surface area (Å²) in [4.78, 5) is 11.7. The maximum atomic E-state index is 11.7. The molecule has 19 heavy (non-hydrogen) atoms. The van der Waals surface area contributed by atoms with Crippen molar-refractivity contribution in [3.63, 3.8) is 0 Å². The van der Waals surface area contributed by atoms with Crippen molar-refractivity contribution in [1.82, 2.24) is 0 Å². The van der Waals surface area contributed by atoms with E-state index in [9.17, 15) is 4.79 Å². The first kappa shape index (κ1) is 15.7. The Kier molecular flexibility index (Phi) is 6.53. The van der Waals surface area contributed by atoms with Crippen molar-refractivity contribution in [2.45, 2.75) is 39.8 Å². The molecule has 1 aromatic carbocycles. The van der Waals surface area contributed by atoms with Gasteiger partial charge in [0, 0.05) is 12.2 Å². The molecule has 4 heteroatoms. The molecule has 0 saturated heterocycles. The average Bonchev–Trinajstić information content (AvgIpc) is 2.36. The van der Waals surface area contributed by atoms with Crippen LogP contribution in [-0.2, 0) is 16.1 Å². The maximum Gasteiger partial charge on any atom is 0.250 e. The lowest BCUT2D eigenvalue weighted by atomic mass is 10.1. The average molecular weight is 264 g/mol. The van der Waals surface area contributed by atoms with Gasteiger partial charge in [0.25, 0.3) is 0 Å². The molecule has 0 aliphatic heterocycles. The van der Waals surface area contributed by atoms with E-state index in [0.29, 0.717) is 12.5 Å². The smallest absolute Gasteiger partial charge is 0.250 e. The van der Waals surface area contributed by atoms with Gasteiger partial charge in [0.1, 0.15) is 6.61 Å². The van der Waals surface area contributed by atoms with Crippen LogP contribution in [0.25, 0.3) is 0 Å². The second kappa shape index (κ2) is 7.92. The molecule has 0 spiro atoms. The largest absolute Gasteiger partial charge is 0.369 e. The Morgan fingerprint density at radius 3 is 2.74 bits per heavy atom. The Bertz CT molecular complexity index is 405. The Hall–Kier alpha value is -1.39. The van der Waals surface area contributed by atoms with Gasteiger partial charge < -0.3 is 15.8 Å². The molecular weight excluding hydrogens is 240 g/mol. The number of anilines is 1. The third-order valence-corrected chi connectivity index (χ3v) is 2.75. The first-order chi connectivity index (χ1) is 9.01. The molecule has 0 saturated carbocycles. The van der Waals surface area contributed by atoms with Crippen LogP contribution < -0.4 is 11.1 Å². The molecule has 3 N–H and O–H groups in total. The van der Waals surface area contributed by atoms with Crippen LogP contribution in [0.5, 0.6) is 0 Å². The summed E-state index contributed by atoms with van der Waals surface area (Å²) in [6, 6.07) is 7.51. The summed E-state index contributed by atoms with van der Waals surface area (Å²) < 4.78 is 5.51. The molecule has 4 nitrogen and oxygen atoms in total. The number of rotatable bonds is 7. The van der Waals surface area contributed by atoms with Gasteiger partial charge in [-0.2, -0.15) is 0 Å². The summed E-state index contributed by atoms with van der Waals surface area (Å²) in [7, 11) is 0. The summed E-state index contributed by atoms with van der Waals surface area (Å²) >= 11 is 0. The zero-order chi connectivity index (χ0) is 14.3. The highest BCUT2D eigenvalue weighted by Crippen LogP contribution is 2.11. The van der Waals surface area contributed by atoms with Crippen LogP contribution in [-0.4, -0.2) is 18.6 Å². The molecule has 1 rings (SSSR count). The van der Waals surface area contributed by atoms with Crippen LogP contribution in [0.1, 0.15) is 32.8 Å². The van der Waals surface area contributed by atoms with Crippen molar-refractivity contribution in [1.29, 1.82) is 0 Å². The van der Waals surface area contributed by atoms with E-state index in [0.717, 1.165) is 17.7 Å². The zero-order valence-electron chi connectivity index (χ0n) is 12.0. The van der Waals surface area contributed by atoms with Crippen molar-refractivity contribution in [2.24, 2.45) is 11.7 Å². The minimum absolute atomic E-state index is 0.0841. The summed E-state index contributed by atoms with van der Waals surface area (Å²) in [5.41, 5.74) is 7.31. The quantitative estimate of drug-likeness (QED) is 0.795. The Morgan fingerprint density at radius 2 is 2.11 bits per heavy atom. The first-order valence-electron chi connectivity index (χ1n) is 6.71. The van der Waals surface area contributed by atoms with Gasteiger partial charge in [-0.1, -0.05) is 26.0 Å². The van der Waals surface area contributed by atoms with Crippen molar-refractivity contribution in [3.05, 3.63) is 29.8 Å². The van der Waals surface area contributed by atoms with Crippen LogP contribution in [0.15, 0.2) is 24.3 Å². The molecule has 0 heterocycles. The fourth-order valence-corrected chi connectivity index (χ4v) is 1.92.